The highest BCUT2D eigenvalue weighted by Crippen LogP contribution is 2.29. The van der Waals surface area contributed by atoms with E-state index in [4.69, 9.17) is 23.2 Å². The predicted octanol–water partition coefficient (Wildman–Crippen LogP) is 8.74. The largest absolute Gasteiger partial charge is 0.325 e. The van der Waals surface area contributed by atoms with Crippen molar-refractivity contribution >= 4 is 69.9 Å². The summed E-state index contributed by atoms with van der Waals surface area (Å²) in [6.45, 7) is 3.95. The third-order valence-electron chi connectivity index (χ3n) is 5.70. The summed E-state index contributed by atoms with van der Waals surface area (Å²) in [7, 11) is 0. The van der Waals surface area contributed by atoms with E-state index in [1.165, 1.54) is 23.5 Å². The topological polar surface area (TPSA) is 58.2 Å². The van der Waals surface area contributed by atoms with Gasteiger partial charge in [0.2, 0.25) is 11.8 Å². The van der Waals surface area contributed by atoms with Gasteiger partial charge < -0.3 is 10.6 Å². The first-order valence-corrected chi connectivity index (χ1v) is 14.6. The molecule has 2 amide bonds. The van der Waals surface area contributed by atoms with Crippen LogP contribution in [-0.2, 0) is 9.59 Å². The van der Waals surface area contributed by atoms with E-state index >= 15 is 0 Å². The van der Waals surface area contributed by atoms with Crippen molar-refractivity contribution in [3.63, 3.8) is 0 Å². The summed E-state index contributed by atoms with van der Waals surface area (Å²) in [6.07, 6.45) is 0. The highest BCUT2D eigenvalue weighted by molar-refractivity contribution is 8.00. The van der Waals surface area contributed by atoms with Gasteiger partial charge in [-0.3, -0.25) is 9.59 Å². The molecule has 0 aliphatic carbocycles. The fourth-order valence-corrected chi connectivity index (χ4v) is 5.35. The minimum Gasteiger partial charge on any atom is -0.325 e. The molecule has 0 heterocycles. The number of anilines is 2. The van der Waals surface area contributed by atoms with Gasteiger partial charge in [0.05, 0.1) is 11.5 Å². The number of carbonyl (C=O) groups excluding carboxylic acids is 2. The Bertz CT molecular complexity index is 1330. The Labute approximate surface area is 241 Å². The number of thioether (sulfide) groups is 2. The van der Waals surface area contributed by atoms with E-state index in [1.54, 1.807) is 0 Å². The molecule has 0 bridgehead atoms. The summed E-state index contributed by atoms with van der Waals surface area (Å²) in [4.78, 5) is 26.9. The minimum absolute atomic E-state index is 0.0639. The number of aryl methyl sites for hydroxylation is 2. The van der Waals surface area contributed by atoms with Crippen molar-refractivity contribution in [1.82, 2.24) is 0 Å². The number of rotatable bonds is 9. The van der Waals surface area contributed by atoms with Crippen LogP contribution < -0.4 is 10.6 Å². The molecule has 0 atom stereocenters. The van der Waals surface area contributed by atoms with E-state index in [0.717, 1.165) is 43.4 Å². The lowest BCUT2D eigenvalue weighted by Gasteiger charge is -2.13. The van der Waals surface area contributed by atoms with Gasteiger partial charge in [0.15, 0.2) is 0 Å². The van der Waals surface area contributed by atoms with E-state index < -0.39 is 0 Å². The molecule has 0 spiro atoms. The van der Waals surface area contributed by atoms with Crippen molar-refractivity contribution in [1.29, 1.82) is 0 Å². The van der Waals surface area contributed by atoms with Gasteiger partial charge in [0.25, 0.3) is 0 Å². The highest BCUT2D eigenvalue weighted by atomic mass is 35.5. The van der Waals surface area contributed by atoms with Gasteiger partial charge in [-0.2, -0.15) is 0 Å². The molecule has 0 aliphatic rings. The van der Waals surface area contributed by atoms with Crippen LogP contribution in [0, 0.1) is 13.8 Å². The summed E-state index contributed by atoms with van der Waals surface area (Å²) in [5.41, 5.74) is 5.59. The minimum atomic E-state index is -0.0639. The fraction of sp³-hybridized carbons (Fsp3) is 0.133. The maximum absolute atomic E-state index is 12.5. The molecule has 2 N–H and O–H groups in total. The first-order chi connectivity index (χ1) is 18.3. The van der Waals surface area contributed by atoms with Crippen molar-refractivity contribution < 1.29 is 9.59 Å². The molecule has 0 saturated carbocycles. The first-order valence-electron chi connectivity index (χ1n) is 11.8. The van der Waals surface area contributed by atoms with Crippen LogP contribution >= 0.6 is 46.7 Å². The maximum Gasteiger partial charge on any atom is 0.234 e. The van der Waals surface area contributed by atoms with E-state index in [2.05, 4.69) is 22.8 Å². The monoisotopic (exact) mass is 580 g/mol. The lowest BCUT2D eigenvalue weighted by molar-refractivity contribution is -0.114. The van der Waals surface area contributed by atoms with Crippen LogP contribution in [0.2, 0.25) is 10.0 Å². The summed E-state index contributed by atoms with van der Waals surface area (Å²) in [5.74, 6) is 0.498. The van der Waals surface area contributed by atoms with E-state index in [1.807, 2.05) is 86.6 Å². The molecule has 0 saturated heterocycles. The normalized spacial score (nSPS) is 10.7. The molecule has 0 aliphatic heterocycles. The third kappa shape index (κ3) is 8.05. The number of halogens is 2. The highest BCUT2D eigenvalue weighted by Gasteiger charge is 2.10. The lowest BCUT2D eigenvalue weighted by Crippen LogP contribution is -2.15. The number of hydrogen-bond donors (Lipinski definition) is 2. The van der Waals surface area contributed by atoms with Crippen LogP contribution in [0.15, 0.2) is 94.7 Å². The average Bonchev–Trinajstić information content (AvgIpc) is 2.90. The third-order valence-corrected chi connectivity index (χ3v) is 8.23. The molecule has 0 fully saturated rings. The smallest absolute Gasteiger partial charge is 0.234 e. The molecule has 4 rings (SSSR count). The van der Waals surface area contributed by atoms with Crippen LogP contribution in [0.4, 0.5) is 11.4 Å². The second kappa shape index (κ2) is 13.3. The Morgan fingerprint density at radius 3 is 1.32 bits per heavy atom. The SMILES string of the molecule is Cc1cc(-c2ccc(NC(=O)CSc3ccc(Cl)cc3)c(C)c2)ccc1NC(=O)CSc1ccc(Cl)cc1. The second-order valence-corrected chi connectivity index (χ2v) is 11.6. The molecule has 0 aromatic heterocycles. The standard InChI is InChI=1S/C30H26Cl2N2O2S2/c1-19-15-21(3-13-27(19)33-29(35)17-37-25-9-5-23(31)6-10-25)22-4-14-28(20(2)16-22)34-30(36)18-38-26-11-7-24(32)8-12-26/h3-16H,17-18H2,1-2H3,(H,33,35)(H,34,36). The Morgan fingerprint density at radius 1 is 0.605 bits per heavy atom. The van der Waals surface area contributed by atoms with E-state index in [-0.39, 0.29) is 11.8 Å². The van der Waals surface area contributed by atoms with Gasteiger partial charge in [0.1, 0.15) is 0 Å². The Kier molecular flexibility index (Phi) is 9.80. The molecule has 4 aromatic carbocycles. The zero-order valence-corrected chi connectivity index (χ0v) is 24.0. The lowest BCUT2D eigenvalue weighted by atomic mass is 10.00. The summed E-state index contributed by atoms with van der Waals surface area (Å²) >= 11 is 14.8. The van der Waals surface area contributed by atoms with Crippen LogP contribution in [0.3, 0.4) is 0 Å². The summed E-state index contributed by atoms with van der Waals surface area (Å²) < 4.78 is 0. The number of amides is 2. The van der Waals surface area contributed by atoms with Crippen LogP contribution in [0.1, 0.15) is 11.1 Å². The summed E-state index contributed by atoms with van der Waals surface area (Å²) in [6, 6.07) is 26.8. The van der Waals surface area contributed by atoms with E-state index in [9.17, 15) is 9.59 Å². The Balaban J connectivity index is 1.33. The molecule has 38 heavy (non-hydrogen) atoms. The molecule has 8 heteroatoms. The Morgan fingerprint density at radius 2 is 0.974 bits per heavy atom. The maximum atomic E-state index is 12.5. The Hall–Kier alpha value is -2.90. The number of carbonyl (C=O) groups is 2. The molecule has 4 aromatic rings. The average molecular weight is 582 g/mol. The van der Waals surface area contributed by atoms with Crippen LogP contribution in [0.25, 0.3) is 11.1 Å². The van der Waals surface area contributed by atoms with Gasteiger partial charge in [-0.25, -0.2) is 0 Å². The molecule has 0 radical (unpaired) electrons. The first kappa shape index (κ1) is 28.1. The van der Waals surface area contributed by atoms with Gasteiger partial charge in [-0.1, -0.05) is 35.3 Å². The van der Waals surface area contributed by atoms with Crippen LogP contribution in [-0.4, -0.2) is 23.3 Å². The van der Waals surface area contributed by atoms with Crippen molar-refractivity contribution in [2.75, 3.05) is 22.1 Å². The quantitative estimate of drug-likeness (QED) is 0.194. The fourth-order valence-electron chi connectivity index (χ4n) is 3.70. The van der Waals surface area contributed by atoms with Gasteiger partial charge >= 0.3 is 0 Å². The number of hydrogen-bond acceptors (Lipinski definition) is 4. The molecular formula is C30H26Cl2N2O2S2. The number of benzene rings is 4. The molecule has 4 nitrogen and oxygen atoms in total. The van der Waals surface area contributed by atoms with Gasteiger partial charge in [-0.15, -0.1) is 23.5 Å². The van der Waals surface area contributed by atoms with E-state index in [0.29, 0.717) is 21.6 Å². The van der Waals surface area contributed by atoms with Gasteiger partial charge in [0, 0.05) is 31.2 Å². The zero-order chi connectivity index (χ0) is 27.1. The predicted molar refractivity (Wildman–Crippen MR) is 163 cm³/mol. The summed E-state index contributed by atoms with van der Waals surface area (Å²) in [5, 5.41) is 7.34. The van der Waals surface area contributed by atoms with Crippen molar-refractivity contribution in [2.45, 2.75) is 23.6 Å². The number of nitrogens with one attached hydrogen (secondary N) is 2. The van der Waals surface area contributed by atoms with Crippen molar-refractivity contribution in [2.24, 2.45) is 0 Å². The van der Waals surface area contributed by atoms with Crippen molar-refractivity contribution in [3.05, 3.63) is 106 Å². The zero-order valence-electron chi connectivity index (χ0n) is 20.9. The molecular weight excluding hydrogens is 555 g/mol. The second-order valence-electron chi connectivity index (χ2n) is 8.64. The van der Waals surface area contributed by atoms with Gasteiger partial charge in [-0.05, 0) is 109 Å². The molecule has 194 valence electrons. The van der Waals surface area contributed by atoms with Crippen LogP contribution in [0.5, 0.6) is 0 Å². The van der Waals surface area contributed by atoms with Crippen molar-refractivity contribution in [3.8, 4) is 11.1 Å². The molecule has 0 unspecified atom stereocenters.